The van der Waals surface area contributed by atoms with E-state index in [9.17, 15) is 23.2 Å². The molecule has 2 bridgehead atoms. The molecule has 0 aromatic heterocycles. The summed E-state index contributed by atoms with van der Waals surface area (Å²) in [6.45, 7) is 1.75. The normalized spacial score (nSPS) is 35.0. The van der Waals surface area contributed by atoms with Crippen LogP contribution in [-0.2, 0) is 28.6 Å². The van der Waals surface area contributed by atoms with Crippen LogP contribution in [0.4, 0.5) is 8.78 Å². The minimum absolute atomic E-state index is 0.277. The largest absolute Gasteiger partial charge is 0.477 e. The number of hydrogen-bond donors (Lipinski definition) is 1. The van der Waals surface area contributed by atoms with Crippen molar-refractivity contribution in [3.63, 3.8) is 0 Å². The van der Waals surface area contributed by atoms with Crippen molar-refractivity contribution in [2.45, 2.75) is 62.9 Å². The van der Waals surface area contributed by atoms with Crippen molar-refractivity contribution < 1.29 is 42.5 Å². The van der Waals surface area contributed by atoms with Gasteiger partial charge in [0, 0.05) is 6.42 Å². The number of hydrogen-bond acceptors (Lipinski definition) is 6. The lowest BCUT2D eigenvalue weighted by Crippen LogP contribution is -2.47. The monoisotopic (exact) mass is 348 g/mol. The van der Waals surface area contributed by atoms with E-state index in [0.29, 0.717) is 12.8 Å². The van der Waals surface area contributed by atoms with Gasteiger partial charge in [-0.05, 0) is 12.8 Å². The van der Waals surface area contributed by atoms with E-state index >= 15 is 0 Å². The zero-order valence-electron chi connectivity index (χ0n) is 12.9. The molecule has 3 saturated heterocycles. The summed E-state index contributed by atoms with van der Waals surface area (Å²) in [6.07, 6.45) is -2.77. The van der Waals surface area contributed by atoms with Gasteiger partial charge in [0.05, 0.1) is 12.0 Å². The number of rotatable bonds is 7. The van der Waals surface area contributed by atoms with E-state index in [0.717, 1.165) is 0 Å². The third kappa shape index (κ3) is 2.54. The molecule has 0 saturated carbocycles. The number of esters is 2. The van der Waals surface area contributed by atoms with E-state index in [4.69, 9.17) is 19.3 Å². The number of halogens is 2. The van der Waals surface area contributed by atoms with Gasteiger partial charge in [0.25, 0.3) is 0 Å². The molecule has 9 heteroatoms. The number of fused-ring (bicyclic) bond motifs is 1. The SMILES string of the molecule is CCCCC(OC(=O)C1C2CC3OC(=O)C1C3O2)C(F)(F)C(=O)O. The van der Waals surface area contributed by atoms with Gasteiger partial charge < -0.3 is 19.3 Å². The number of carbonyl (C=O) groups is 3. The average molecular weight is 348 g/mol. The molecule has 3 heterocycles. The maximum absolute atomic E-state index is 13.8. The van der Waals surface area contributed by atoms with Crippen LogP contribution in [0.25, 0.3) is 0 Å². The topological polar surface area (TPSA) is 99.1 Å². The summed E-state index contributed by atoms with van der Waals surface area (Å²) in [5.74, 6) is -10.0. The molecule has 134 valence electrons. The molecule has 1 N–H and O–H groups in total. The molecule has 24 heavy (non-hydrogen) atoms. The predicted octanol–water partition coefficient (Wildman–Crippen LogP) is 1.14. The molecule has 3 fully saturated rings. The van der Waals surface area contributed by atoms with E-state index < -0.39 is 60.1 Å². The van der Waals surface area contributed by atoms with Crippen LogP contribution in [0, 0.1) is 11.8 Å². The van der Waals surface area contributed by atoms with Crippen molar-refractivity contribution >= 4 is 17.9 Å². The first-order chi connectivity index (χ1) is 11.3. The number of carboxylic acids is 1. The molecule has 0 aromatic rings. The highest BCUT2D eigenvalue weighted by atomic mass is 19.3. The fourth-order valence-electron chi connectivity index (χ4n) is 3.67. The Bertz CT molecular complexity index is 562. The number of carbonyl (C=O) groups excluding carboxylic acids is 2. The molecule has 3 aliphatic rings. The first-order valence-corrected chi connectivity index (χ1v) is 7.95. The average Bonchev–Trinajstić information content (AvgIpc) is 3.12. The lowest BCUT2D eigenvalue weighted by atomic mass is 9.80. The Morgan fingerprint density at radius 2 is 2.12 bits per heavy atom. The first kappa shape index (κ1) is 17.1. The third-order valence-corrected chi connectivity index (χ3v) is 4.88. The minimum atomic E-state index is -4.19. The summed E-state index contributed by atoms with van der Waals surface area (Å²) in [5, 5.41) is 8.70. The molecule has 3 aliphatic heterocycles. The molecule has 0 aliphatic carbocycles. The van der Waals surface area contributed by atoms with E-state index in [2.05, 4.69) is 0 Å². The lowest BCUT2D eigenvalue weighted by Gasteiger charge is -2.27. The maximum Gasteiger partial charge on any atom is 0.378 e. The number of carboxylic acid groups (broad SMARTS) is 1. The smallest absolute Gasteiger partial charge is 0.378 e. The van der Waals surface area contributed by atoms with Crippen LogP contribution in [0.5, 0.6) is 0 Å². The zero-order valence-corrected chi connectivity index (χ0v) is 12.9. The Morgan fingerprint density at radius 1 is 1.42 bits per heavy atom. The van der Waals surface area contributed by atoms with E-state index in [1.54, 1.807) is 6.92 Å². The molecular weight excluding hydrogens is 330 g/mol. The zero-order chi connectivity index (χ0) is 17.6. The van der Waals surface area contributed by atoms with Gasteiger partial charge in [-0.1, -0.05) is 13.3 Å². The minimum Gasteiger partial charge on any atom is -0.477 e. The summed E-state index contributed by atoms with van der Waals surface area (Å²) >= 11 is 0. The van der Waals surface area contributed by atoms with Crippen molar-refractivity contribution in [2.75, 3.05) is 0 Å². The third-order valence-electron chi connectivity index (χ3n) is 4.88. The van der Waals surface area contributed by atoms with Gasteiger partial charge in [0.15, 0.2) is 6.10 Å². The number of alkyl halides is 2. The van der Waals surface area contributed by atoms with Gasteiger partial charge in [0.2, 0.25) is 0 Å². The molecule has 0 amide bonds. The second-order valence-electron chi connectivity index (χ2n) is 6.40. The van der Waals surface area contributed by atoms with Crippen LogP contribution in [0.2, 0.25) is 0 Å². The van der Waals surface area contributed by atoms with Gasteiger partial charge >= 0.3 is 23.8 Å². The Morgan fingerprint density at radius 3 is 2.75 bits per heavy atom. The quantitative estimate of drug-likeness (QED) is 0.689. The number of unbranched alkanes of at least 4 members (excludes halogenated alkanes) is 1. The van der Waals surface area contributed by atoms with Crippen molar-refractivity contribution in [3.05, 3.63) is 0 Å². The van der Waals surface area contributed by atoms with Crippen LogP contribution in [0.3, 0.4) is 0 Å². The summed E-state index contributed by atoms with van der Waals surface area (Å²) in [6, 6.07) is 0. The highest BCUT2D eigenvalue weighted by Crippen LogP contribution is 2.50. The fourth-order valence-corrected chi connectivity index (χ4v) is 3.67. The van der Waals surface area contributed by atoms with Gasteiger partial charge in [-0.3, -0.25) is 9.59 Å². The predicted molar refractivity (Wildman–Crippen MR) is 72.1 cm³/mol. The van der Waals surface area contributed by atoms with Crippen LogP contribution in [0.15, 0.2) is 0 Å². The summed E-state index contributed by atoms with van der Waals surface area (Å²) in [7, 11) is 0. The van der Waals surface area contributed by atoms with Gasteiger partial charge in [-0.15, -0.1) is 0 Å². The fraction of sp³-hybridized carbons (Fsp3) is 0.800. The summed E-state index contributed by atoms with van der Waals surface area (Å²) < 4.78 is 43.1. The standard InChI is InChI=1S/C15H18F2O7/c1-2-3-4-8(15(16,17)14(20)21)24-12(18)9-6-5-7-11(22-6)10(9)13(19)23-7/h6-11H,2-5H2,1H3,(H,20,21). The lowest BCUT2D eigenvalue weighted by molar-refractivity contribution is -0.197. The maximum atomic E-state index is 13.8. The molecular formula is C15H18F2O7. The molecule has 7 nitrogen and oxygen atoms in total. The molecule has 0 spiro atoms. The number of aliphatic carboxylic acids is 1. The molecule has 0 radical (unpaired) electrons. The second-order valence-corrected chi connectivity index (χ2v) is 6.40. The van der Waals surface area contributed by atoms with Crippen LogP contribution >= 0.6 is 0 Å². The van der Waals surface area contributed by atoms with Crippen LogP contribution in [-0.4, -0.2) is 53.4 Å². The second kappa shape index (κ2) is 5.94. The van der Waals surface area contributed by atoms with Gasteiger partial charge in [-0.25, -0.2) is 4.79 Å². The van der Waals surface area contributed by atoms with Crippen LogP contribution < -0.4 is 0 Å². The van der Waals surface area contributed by atoms with E-state index in [-0.39, 0.29) is 12.8 Å². The van der Waals surface area contributed by atoms with E-state index in [1.165, 1.54) is 0 Å². The number of ether oxygens (including phenoxy) is 3. The Labute approximate surface area is 136 Å². The summed E-state index contributed by atoms with van der Waals surface area (Å²) in [5.41, 5.74) is 0. The summed E-state index contributed by atoms with van der Waals surface area (Å²) in [4.78, 5) is 35.0. The highest BCUT2D eigenvalue weighted by Gasteiger charge is 2.66. The molecule has 0 aromatic carbocycles. The molecule has 6 unspecified atom stereocenters. The highest BCUT2D eigenvalue weighted by molar-refractivity contribution is 5.86. The van der Waals surface area contributed by atoms with Crippen LogP contribution in [0.1, 0.15) is 32.6 Å². The van der Waals surface area contributed by atoms with Gasteiger partial charge in [-0.2, -0.15) is 8.78 Å². The molecule has 3 rings (SSSR count). The van der Waals surface area contributed by atoms with Gasteiger partial charge in [0.1, 0.15) is 18.1 Å². The molecule has 6 atom stereocenters. The Kier molecular flexibility index (Phi) is 4.23. The Balaban J connectivity index is 1.74. The van der Waals surface area contributed by atoms with Crippen molar-refractivity contribution in [1.29, 1.82) is 0 Å². The van der Waals surface area contributed by atoms with E-state index in [1.807, 2.05) is 0 Å². The Hall–Kier alpha value is -1.77. The van der Waals surface area contributed by atoms with Crippen molar-refractivity contribution in [2.24, 2.45) is 11.8 Å². The van der Waals surface area contributed by atoms with Crippen molar-refractivity contribution in [1.82, 2.24) is 0 Å². The first-order valence-electron chi connectivity index (χ1n) is 7.95. The van der Waals surface area contributed by atoms with Crippen molar-refractivity contribution in [3.8, 4) is 0 Å².